The van der Waals surface area contributed by atoms with Gasteiger partial charge in [-0.1, -0.05) is 26.0 Å². The summed E-state index contributed by atoms with van der Waals surface area (Å²) in [4.78, 5) is 0. The van der Waals surface area contributed by atoms with E-state index >= 15 is 0 Å². The zero-order chi connectivity index (χ0) is 15.4. The third-order valence-corrected chi connectivity index (χ3v) is 3.80. The fourth-order valence-corrected chi connectivity index (χ4v) is 2.16. The summed E-state index contributed by atoms with van der Waals surface area (Å²) in [6.45, 7) is 4.23. The lowest BCUT2D eigenvalue weighted by molar-refractivity contribution is 0.406. The summed E-state index contributed by atoms with van der Waals surface area (Å²) in [5.74, 6) is -1.01. The van der Waals surface area contributed by atoms with E-state index in [1.54, 1.807) is 12.1 Å². The Bertz CT molecular complexity index is 588. The van der Waals surface area contributed by atoms with Gasteiger partial charge in [0, 0.05) is 5.88 Å². The van der Waals surface area contributed by atoms with Crippen molar-refractivity contribution in [1.82, 2.24) is 0 Å². The van der Waals surface area contributed by atoms with E-state index in [2.05, 4.69) is 13.8 Å². The first kappa shape index (κ1) is 15.8. The number of alkyl halides is 1. The molecule has 2 aromatic rings. The molecule has 0 aliphatic heterocycles. The summed E-state index contributed by atoms with van der Waals surface area (Å²) in [6.07, 6.45) is 1.03. The molecule has 0 fully saturated rings. The Morgan fingerprint density at radius 3 is 2.14 bits per heavy atom. The molecular formula is C17H17ClF2O. The molecule has 21 heavy (non-hydrogen) atoms. The SMILES string of the molecule is CCC(C)c1ccc(Oc2c(F)cc(CCl)cc2F)cc1. The molecule has 0 spiro atoms. The van der Waals surface area contributed by atoms with Crippen LogP contribution in [0.4, 0.5) is 8.78 Å². The quantitative estimate of drug-likeness (QED) is 0.614. The number of ether oxygens (including phenoxy) is 1. The van der Waals surface area contributed by atoms with Gasteiger partial charge in [-0.2, -0.15) is 0 Å². The van der Waals surface area contributed by atoms with Gasteiger partial charge in [0.1, 0.15) is 5.75 Å². The number of benzene rings is 2. The lowest BCUT2D eigenvalue weighted by Gasteiger charge is -2.12. The molecule has 0 N–H and O–H groups in total. The first-order valence-corrected chi connectivity index (χ1v) is 7.40. The second-order valence-corrected chi connectivity index (χ2v) is 5.27. The maximum Gasteiger partial charge on any atom is 0.198 e. The van der Waals surface area contributed by atoms with Gasteiger partial charge >= 0.3 is 0 Å². The molecule has 1 atom stereocenters. The van der Waals surface area contributed by atoms with Crippen molar-refractivity contribution in [1.29, 1.82) is 0 Å². The molecule has 1 unspecified atom stereocenters. The molecular weight excluding hydrogens is 294 g/mol. The Hall–Kier alpha value is -1.61. The van der Waals surface area contributed by atoms with Crippen LogP contribution in [0, 0.1) is 11.6 Å². The molecule has 0 aliphatic rings. The van der Waals surface area contributed by atoms with Crippen molar-refractivity contribution in [3.05, 3.63) is 59.2 Å². The lowest BCUT2D eigenvalue weighted by Crippen LogP contribution is -1.96. The van der Waals surface area contributed by atoms with Gasteiger partial charge in [-0.3, -0.25) is 0 Å². The maximum atomic E-state index is 13.8. The third kappa shape index (κ3) is 3.73. The number of rotatable bonds is 5. The van der Waals surface area contributed by atoms with Crippen LogP contribution in [0.2, 0.25) is 0 Å². The molecule has 2 aromatic carbocycles. The van der Waals surface area contributed by atoms with E-state index in [0.29, 0.717) is 17.2 Å². The Morgan fingerprint density at radius 2 is 1.67 bits per heavy atom. The van der Waals surface area contributed by atoms with E-state index in [1.807, 2.05) is 12.1 Å². The van der Waals surface area contributed by atoms with Crippen LogP contribution in [0.3, 0.4) is 0 Å². The topological polar surface area (TPSA) is 9.23 Å². The molecule has 1 nitrogen and oxygen atoms in total. The summed E-state index contributed by atoms with van der Waals surface area (Å²) < 4.78 is 33.0. The van der Waals surface area contributed by atoms with Crippen LogP contribution in [0.15, 0.2) is 36.4 Å². The van der Waals surface area contributed by atoms with E-state index in [9.17, 15) is 8.78 Å². The summed E-state index contributed by atoms with van der Waals surface area (Å²) in [5.41, 5.74) is 1.55. The lowest BCUT2D eigenvalue weighted by atomic mass is 9.99. The van der Waals surface area contributed by atoms with Crippen LogP contribution in [-0.4, -0.2) is 0 Å². The van der Waals surface area contributed by atoms with Crippen molar-refractivity contribution in [2.24, 2.45) is 0 Å². The van der Waals surface area contributed by atoms with E-state index < -0.39 is 17.4 Å². The minimum absolute atomic E-state index is 0.0533. The number of halogens is 3. The monoisotopic (exact) mass is 310 g/mol. The van der Waals surface area contributed by atoms with Crippen molar-refractivity contribution >= 4 is 11.6 Å². The molecule has 0 bridgehead atoms. The van der Waals surface area contributed by atoms with Gasteiger partial charge in [-0.25, -0.2) is 8.78 Å². The van der Waals surface area contributed by atoms with E-state index in [1.165, 1.54) is 17.7 Å². The van der Waals surface area contributed by atoms with Gasteiger partial charge in [0.15, 0.2) is 17.4 Å². The largest absolute Gasteiger partial charge is 0.451 e. The average molecular weight is 311 g/mol. The molecule has 2 rings (SSSR count). The predicted molar refractivity (Wildman–Crippen MR) is 81.1 cm³/mol. The highest BCUT2D eigenvalue weighted by Gasteiger charge is 2.13. The normalized spacial score (nSPS) is 12.2. The Labute approximate surface area is 128 Å². The molecule has 0 amide bonds. The van der Waals surface area contributed by atoms with Crippen LogP contribution >= 0.6 is 11.6 Å². The van der Waals surface area contributed by atoms with Crippen molar-refractivity contribution < 1.29 is 13.5 Å². The molecule has 0 heterocycles. The van der Waals surface area contributed by atoms with Gasteiger partial charge in [-0.05, 0) is 47.7 Å². The Balaban J connectivity index is 2.22. The second-order valence-electron chi connectivity index (χ2n) is 5.00. The van der Waals surface area contributed by atoms with Gasteiger partial charge in [0.2, 0.25) is 0 Å². The van der Waals surface area contributed by atoms with Crippen LogP contribution in [0.1, 0.15) is 37.3 Å². The summed E-state index contributed by atoms with van der Waals surface area (Å²) >= 11 is 5.57. The second kappa shape index (κ2) is 6.90. The number of hydrogen-bond acceptors (Lipinski definition) is 1. The van der Waals surface area contributed by atoms with Crippen molar-refractivity contribution in [3.8, 4) is 11.5 Å². The zero-order valence-electron chi connectivity index (χ0n) is 12.0. The highest BCUT2D eigenvalue weighted by atomic mass is 35.5. The summed E-state index contributed by atoms with van der Waals surface area (Å²) in [5, 5.41) is 0. The van der Waals surface area contributed by atoms with Gasteiger partial charge < -0.3 is 4.74 Å². The van der Waals surface area contributed by atoms with Gasteiger partial charge in [0.05, 0.1) is 0 Å². The third-order valence-electron chi connectivity index (χ3n) is 3.49. The van der Waals surface area contributed by atoms with Crippen molar-refractivity contribution in [2.75, 3.05) is 0 Å². The molecule has 0 aliphatic carbocycles. The standard InChI is InChI=1S/C17H17ClF2O/c1-3-11(2)13-4-6-14(7-5-13)21-17-15(19)8-12(10-18)9-16(17)20/h4-9,11H,3,10H2,1-2H3. The highest BCUT2D eigenvalue weighted by molar-refractivity contribution is 6.17. The Kier molecular flexibility index (Phi) is 5.18. The molecule has 4 heteroatoms. The van der Waals surface area contributed by atoms with E-state index in [-0.39, 0.29) is 5.88 Å². The molecule has 0 aromatic heterocycles. The molecule has 0 radical (unpaired) electrons. The minimum atomic E-state index is -0.753. The highest BCUT2D eigenvalue weighted by Crippen LogP contribution is 2.30. The first-order chi connectivity index (χ1) is 10.0. The fourth-order valence-electron chi connectivity index (χ4n) is 2.00. The van der Waals surface area contributed by atoms with Gasteiger partial charge in [0.25, 0.3) is 0 Å². The first-order valence-electron chi connectivity index (χ1n) is 6.86. The average Bonchev–Trinajstić information content (AvgIpc) is 2.50. The summed E-state index contributed by atoms with van der Waals surface area (Å²) in [7, 11) is 0. The van der Waals surface area contributed by atoms with E-state index in [0.717, 1.165) is 6.42 Å². The Morgan fingerprint density at radius 1 is 1.10 bits per heavy atom. The van der Waals surface area contributed by atoms with Crippen LogP contribution in [0.25, 0.3) is 0 Å². The molecule has 0 saturated carbocycles. The number of hydrogen-bond donors (Lipinski definition) is 0. The minimum Gasteiger partial charge on any atom is -0.451 e. The molecule has 0 saturated heterocycles. The van der Waals surface area contributed by atoms with E-state index in [4.69, 9.17) is 16.3 Å². The van der Waals surface area contributed by atoms with Gasteiger partial charge in [-0.15, -0.1) is 11.6 Å². The maximum absolute atomic E-state index is 13.8. The van der Waals surface area contributed by atoms with Crippen LogP contribution in [0.5, 0.6) is 11.5 Å². The zero-order valence-corrected chi connectivity index (χ0v) is 12.8. The molecule has 112 valence electrons. The summed E-state index contributed by atoms with van der Waals surface area (Å²) in [6, 6.07) is 9.61. The van der Waals surface area contributed by atoms with Crippen LogP contribution < -0.4 is 4.74 Å². The fraction of sp³-hybridized carbons (Fsp3) is 0.294. The smallest absolute Gasteiger partial charge is 0.198 e. The van der Waals surface area contributed by atoms with Crippen LogP contribution in [-0.2, 0) is 5.88 Å². The van der Waals surface area contributed by atoms with Crippen molar-refractivity contribution in [3.63, 3.8) is 0 Å². The predicted octanol–water partition coefficient (Wildman–Crippen LogP) is 6.01. The van der Waals surface area contributed by atoms with Crippen molar-refractivity contribution in [2.45, 2.75) is 32.1 Å².